The molecule has 5 heteroatoms. The van der Waals surface area contributed by atoms with Crippen molar-refractivity contribution in [3.05, 3.63) is 10.6 Å². The molecule has 1 aliphatic rings. The normalized spacial score (nSPS) is 16.4. The standard InChI is InChI=1S/C14H22N2O2S/c1-4-12-13(9-17)19-14(15-12)16(7-8-18-3)10(2)11-5-6-11/h9-11H,4-8H2,1-3H3. The second-order valence-corrected chi connectivity index (χ2v) is 6.05. The fourth-order valence-corrected chi connectivity index (χ4v) is 3.40. The van der Waals surface area contributed by atoms with E-state index in [1.54, 1.807) is 7.11 Å². The van der Waals surface area contributed by atoms with E-state index in [1.807, 2.05) is 6.92 Å². The van der Waals surface area contributed by atoms with Gasteiger partial charge < -0.3 is 9.64 Å². The number of aldehydes is 1. The van der Waals surface area contributed by atoms with E-state index in [0.717, 1.165) is 40.9 Å². The van der Waals surface area contributed by atoms with E-state index in [-0.39, 0.29) is 0 Å². The molecular weight excluding hydrogens is 260 g/mol. The van der Waals surface area contributed by atoms with Gasteiger partial charge in [-0.15, -0.1) is 0 Å². The van der Waals surface area contributed by atoms with Gasteiger partial charge >= 0.3 is 0 Å². The van der Waals surface area contributed by atoms with Crippen LogP contribution in [0.5, 0.6) is 0 Å². The van der Waals surface area contributed by atoms with E-state index in [0.29, 0.717) is 12.6 Å². The molecule has 1 atom stereocenters. The number of hydrogen-bond acceptors (Lipinski definition) is 5. The van der Waals surface area contributed by atoms with Crippen LogP contribution in [-0.4, -0.2) is 37.6 Å². The molecule has 1 unspecified atom stereocenters. The van der Waals surface area contributed by atoms with E-state index >= 15 is 0 Å². The second kappa shape index (κ2) is 6.48. The number of thiazole rings is 1. The molecule has 1 aromatic rings. The lowest BCUT2D eigenvalue weighted by Crippen LogP contribution is -2.37. The van der Waals surface area contributed by atoms with Crippen molar-refractivity contribution in [3.8, 4) is 0 Å². The van der Waals surface area contributed by atoms with Gasteiger partial charge in [0.05, 0.1) is 17.2 Å². The van der Waals surface area contributed by atoms with Crippen molar-refractivity contribution in [1.82, 2.24) is 4.98 Å². The lowest BCUT2D eigenvalue weighted by Gasteiger charge is -2.28. The lowest BCUT2D eigenvalue weighted by atomic mass is 10.2. The Bertz CT molecular complexity index is 429. The number of carbonyl (C=O) groups is 1. The van der Waals surface area contributed by atoms with E-state index in [9.17, 15) is 4.79 Å². The molecule has 0 amide bonds. The molecule has 4 nitrogen and oxygen atoms in total. The first kappa shape index (κ1) is 14.5. The fraction of sp³-hybridized carbons (Fsp3) is 0.714. The van der Waals surface area contributed by atoms with Crippen LogP contribution in [0.4, 0.5) is 5.13 Å². The molecular formula is C14H22N2O2S. The summed E-state index contributed by atoms with van der Waals surface area (Å²) in [5, 5.41) is 0.968. The minimum absolute atomic E-state index is 0.477. The van der Waals surface area contributed by atoms with Gasteiger partial charge in [-0.25, -0.2) is 4.98 Å². The van der Waals surface area contributed by atoms with Gasteiger partial charge in [-0.3, -0.25) is 4.79 Å². The number of aromatic nitrogens is 1. The van der Waals surface area contributed by atoms with E-state index < -0.39 is 0 Å². The van der Waals surface area contributed by atoms with Gasteiger partial charge in [-0.05, 0) is 32.1 Å². The summed E-state index contributed by atoms with van der Waals surface area (Å²) in [5.74, 6) is 0.769. The Morgan fingerprint density at radius 2 is 2.32 bits per heavy atom. The molecule has 0 N–H and O–H groups in total. The highest BCUT2D eigenvalue weighted by molar-refractivity contribution is 7.17. The lowest BCUT2D eigenvalue weighted by molar-refractivity contribution is 0.112. The SMILES string of the molecule is CCc1nc(N(CCOC)C(C)C2CC2)sc1C=O. The van der Waals surface area contributed by atoms with Crippen LogP contribution in [0.2, 0.25) is 0 Å². The quantitative estimate of drug-likeness (QED) is 0.688. The molecule has 1 saturated carbocycles. The molecule has 1 heterocycles. The number of anilines is 1. The first-order chi connectivity index (χ1) is 9.21. The summed E-state index contributed by atoms with van der Waals surface area (Å²) in [6, 6.07) is 0.477. The van der Waals surface area contributed by atoms with Crippen LogP contribution < -0.4 is 4.90 Å². The summed E-state index contributed by atoms with van der Waals surface area (Å²) < 4.78 is 5.20. The van der Waals surface area contributed by atoms with Crippen molar-refractivity contribution >= 4 is 22.8 Å². The minimum atomic E-state index is 0.477. The molecule has 1 fully saturated rings. The third kappa shape index (κ3) is 3.34. The summed E-state index contributed by atoms with van der Waals surface area (Å²) in [7, 11) is 1.72. The highest BCUT2D eigenvalue weighted by atomic mass is 32.1. The van der Waals surface area contributed by atoms with Crippen molar-refractivity contribution in [2.75, 3.05) is 25.2 Å². The maximum absolute atomic E-state index is 11.1. The highest BCUT2D eigenvalue weighted by Crippen LogP contribution is 2.38. The van der Waals surface area contributed by atoms with E-state index in [1.165, 1.54) is 24.2 Å². The summed E-state index contributed by atoms with van der Waals surface area (Å²) in [6.45, 7) is 5.81. The molecule has 106 valence electrons. The van der Waals surface area contributed by atoms with E-state index in [4.69, 9.17) is 4.74 Å². The van der Waals surface area contributed by atoms with Crippen LogP contribution in [0.15, 0.2) is 0 Å². The molecule has 2 rings (SSSR count). The first-order valence-electron chi connectivity index (χ1n) is 6.91. The zero-order valence-corrected chi connectivity index (χ0v) is 12.7. The Morgan fingerprint density at radius 3 is 2.79 bits per heavy atom. The number of hydrogen-bond donors (Lipinski definition) is 0. The number of nitrogens with zero attached hydrogens (tertiary/aromatic N) is 2. The molecule has 0 radical (unpaired) electrons. The Labute approximate surface area is 118 Å². The first-order valence-corrected chi connectivity index (χ1v) is 7.73. The van der Waals surface area contributed by atoms with Gasteiger partial charge in [0.15, 0.2) is 11.4 Å². The molecule has 0 spiro atoms. The van der Waals surface area contributed by atoms with Gasteiger partial charge in [-0.1, -0.05) is 18.3 Å². The molecule has 1 aliphatic carbocycles. The van der Waals surface area contributed by atoms with Gasteiger partial charge in [0.25, 0.3) is 0 Å². The molecule has 19 heavy (non-hydrogen) atoms. The molecule has 0 bridgehead atoms. The molecule has 1 aromatic heterocycles. The van der Waals surface area contributed by atoms with Crippen molar-refractivity contribution in [1.29, 1.82) is 0 Å². The monoisotopic (exact) mass is 282 g/mol. The van der Waals surface area contributed by atoms with Crippen LogP contribution in [0.1, 0.15) is 42.1 Å². The third-order valence-corrected chi connectivity index (χ3v) is 4.80. The number of ether oxygens (including phenoxy) is 1. The van der Waals surface area contributed by atoms with Gasteiger partial charge in [0.1, 0.15) is 0 Å². The number of aryl methyl sites for hydroxylation is 1. The van der Waals surface area contributed by atoms with Gasteiger partial charge in [0, 0.05) is 19.7 Å². The largest absolute Gasteiger partial charge is 0.383 e. The number of carbonyl (C=O) groups excluding carboxylic acids is 1. The average molecular weight is 282 g/mol. The Kier molecular flexibility index (Phi) is 4.93. The summed E-state index contributed by atoms with van der Waals surface area (Å²) in [6.07, 6.45) is 4.34. The van der Waals surface area contributed by atoms with Crippen molar-refractivity contribution in [3.63, 3.8) is 0 Å². The van der Waals surface area contributed by atoms with Crippen LogP contribution in [0.3, 0.4) is 0 Å². The molecule has 0 aromatic carbocycles. The molecule has 0 saturated heterocycles. The van der Waals surface area contributed by atoms with E-state index in [2.05, 4.69) is 16.8 Å². The van der Waals surface area contributed by atoms with Crippen molar-refractivity contribution in [2.24, 2.45) is 5.92 Å². The highest BCUT2D eigenvalue weighted by Gasteiger charge is 2.33. The van der Waals surface area contributed by atoms with Crippen molar-refractivity contribution in [2.45, 2.75) is 39.2 Å². The summed E-state index contributed by atoms with van der Waals surface area (Å²) in [4.78, 5) is 18.8. The predicted octanol–water partition coefficient (Wildman–Crippen LogP) is 2.77. The Balaban J connectivity index is 2.20. The number of rotatable bonds is 8. The zero-order valence-electron chi connectivity index (χ0n) is 11.9. The smallest absolute Gasteiger partial charge is 0.186 e. The summed E-state index contributed by atoms with van der Waals surface area (Å²) >= 11 is 1.51. The fourth-order valence-electron chi connectivity index (χ4n) is 2.32. The van der Waals surface area contributed by atoms with Gasteiger partial charge in [-0.2, -0.15) is 0 Å². The Morgan fingerprint density at radius 1 is 1.58 bits per heavy atom. The van der Waals surface area contributed by atoms with Crippen LogP contribution in [-0.2, 0) is 11.2 Å². The third-order valence-electron chi connectivity index (χ3n) is 3.74. The van der Waals surface area contributed by atoms with Crippen LogP contribution in [0, 0.1) is 5.92 Å². The zero-order chi connectivity index (χ0) is 13.8. The maximum atomic E-state index is 11.1. The number of methoxy groups -OCH3 is 1. The van der Waals surface area contributed by atoms with Crippen LogP contribution >= 0.6 is 11.3 Å². The Hall–Kier alpha value is -0.940. The van der Waals surface area contributed by atoms with Gasteiger partial charge in [0.2, 0.25) is 0 Å². The topological polar surface area (TPSA) is 42.4 Å². The van der Waals surface area contributed by atoms with Crippen molar-refractivity contribution < 1.29 is 9.53 Å². The average Bonchev–Trinajstić information content (AvgIpc) is 3.19. The molecule has 0 aliphatic heterocycles. The van der Waals surface area contributed by atoms with Crippen LogP contribution in [0.25, 0.3) is 0 Å². The predicted molar refractivity (Wildman–Crippen MR) is 78.3 cm³/mol. The maximum Gasteiger partial charge on any atom is 0.186 e. The second-order valence-electron chi connectivity index (χ2n) is 5.04. The minimum Gasteiger partial charge on any atom is -0.383 e. The summed E-state index contributed by atoms with van der Waals surface area (Å²) in [5.41, 5.74) is 0.917.